The predicted molar refractivity (Wildman–Crippen MR) is 82.9 cm³/mol. The molecule has 2 N–H and O–H groups in total. The molecule has 1 aromatic carbocycles. The molecule has 2 rings (SSSR count). The summed E-state index contributed by atoms with van der Waals surface area (Å²) in [4.78, 5) is 0. The van der Waals surface area contributed by atoms with Gasteiger partial charge in [-0.1, -0.05) is 29.3 Å². The molecule has 3 nitrogen and oxygen atoms in total. The average Bonchev–Trinajstić information content (AvgIpc) is 2.88. The van der Waals surface area contributed by atoms with E-state index in [1.807, 2.05) is 12.1 Å². The number of hydrogen-bond donors (Lipinski definition) is 2. The third-order valence-corrected chi connectivity index (χ3v) is 3.84. The molecule has 1 heterocycles. The number of rotatable bonds is 4. The Morgan fingerprint density at radius 3 is 2.89 bits per heavy atom. The van der Waals surface area contributed by atoms with Crippen molar-refractivity contribution in [2.75, 3.05) is 13.2 Å². The van der Waals surface area contributed by atoms with Crippen LogP contribution in [-0.2, 0) is 11.3 Å². The maximum absolute atomic E-state index is 6.09. The van der Waals surface area contributed by atoms with Crippen LogP contribution in [0.15, 0.2) is 18.2 Å². The lowest BCUT2D eigenvalue weighted by Gasteiger charge is -2.14. The van der Waals surface area contributed by atoms with Gasteiger partial charge >= 0.3 is 0 Å². The molecule has 19 heavy (non-hydrogen) atoms. The Morgan fingerprint density at radius 2 is 2.21 bits per heavy atom. The highest BCUT2D eigenvalue weighted by molar-refractivity contribution is 7.80. The Bertz CT molecular complexity index is 450. The van der Waals surface area contributed by atoms with Crippen molar-refractivity contribution >= 4 is 40.5 Å². The fourth-order valence-electron chi connectivity index (χ4n) is 1.91. The van der Waals surface area contributed by atoms with Crippen LogP contribution in [0.4, 0.5) is 0 Å². The number of hydrogen-bond acceptors (Lipinski definition) is 2. The first-order valence-electron chi connectivity index (χ1n) is 6.22. The lowest BCUT2D eigenvalue weighted by molar-refractivity contribution is 0.114. The van der Waals surface area contributed by atoms with Crippen LogP contribution >= 0.6 is 35.4 Å². The third kappa shape index (κ3) is 4.80. The van der Waals surface area contributed by atoms with Crippen LogP contribution in [0.5, 0.6) is 0 Å². The minimum atomic E-state index is 0.277. The summed E-state index contributed by atoms with van der Waals surface area (Å²) in [6, 6.07) is 5.43. The second-order valence-electron chi connectivity index (χ2n) is 4.43. The average molecular weight is 319 g/mol. The summed E-state index contributed by atoms with van der Waals surface area (Å²) in [5.74, 6) is 0. The molecule has 0 unspecified atom stereocenters. The van der Waals surface area contributed by atoms with E-state index in [1.54, 1.807) is 6.07 Å². The van der Waals surface area contributed by atoms with Gasteiger partial charge in [0.25, 0.3) is 0 Å². The Balaban J connectivity index is 1.73. The van der Waals surface area contributed by atoms with Gasteiger partial charge in [-0.15, -0.1) is 0 Å². The summed E-state index contributed by atoms with van der Waals surface area (Å²) in [5.41, 5.74) is 0.965. The van der Waals surface area contributed by atoms with Gasteiger partial charge in [-0.25, -0.2) is 0 Å². The van der Waals surface area contributed by atoms with Crippen LogP contribution < -0.4 is 10.6 Å². The van der Waals surface area contributed by atoms with E-state index in [1.165, 1.54) is 0 Å². The Labute approximate surface area is 128 Å². The van der Waals surface area contributed by atoms with Crippen molar-refractivity contribution in [2.45, 2.75) is 25.5 Å². The van der Waals surface area contributed by atoms with Crippen molar-refractivity contribution in [2.24, 2.45) is 0 Å². The molecule has 1 aliphatic rings. The lowest BCUT2D eigenvalue weighted by Crippen LogP contribution is -2.39. The first-order valence-corrected chi connectivity index (χ1v) is 7.39. The molecular formula is C13H16Cl2N2OS. The van der Waals surface area contributed by atoms with Crippen molar-refractivity contribution in [1.29, 1.82) is 0 Å². The van der Waals surface area contributed by atoms with E-state index in [9.17, 15) is 0 Å². The van der Waals surface area contributed by atoms with Crippen molar-refractivity contribution in [1.82, 2.24) is 10.6 Å². The topological polar surface area (TPSA) is 33.3 Å². The minimum absolute atomic E-state index is 0.277. The van der Waals surface area contributed by atoms with Crippen LogP contribution in [0.25, 0.3) is 0 Å². The van der Waals surface area contributed by atoms with Crippen LogP contribution in [0, 0.1) is 0 Å². The second kappa shape index (κ2) is 7.29. The first-order chi connectivity index (χ1) is 9.15. The molecule has 0 aromatic heterocycles. The van der Waals surface area contributed by atoms with Gasteiger partial charge in [0.15, 0.2) is 5.11 Å². The van der Waals surface area contributed by atoms with Crippen LogP contribution in [0.1, 0.15) is 18.4 Å². The van der Waals surface area contributed by atoms with E-state index >= 15 is 0 Å². The molecule has 1 atom stereocenters. The summed E-state index contributed by atoms with van der Waals surface area (Å²) in [6.45, 7) is 2.18. The normalized spacial score (nSPS) is 18.3. The fourth-order valence-corrected chi connectivity index (χ4v) is 2.55. The van der Waals surface area contributed by atoms with E-state index in [0.717, 1.165) is 31.6 Å². The first kappa shape index (κ1) is 14.9. The summed E-state index contributed by atoms with van der Waals surface area (Å²) in [5, 5.41) is 8.16. The highest BCUT2D eigenvalue weighted by Gasteiger charge is 2.15. The van der Waals surface area contributed by atoms with Gasteiger partial charge in [0.1, 0.15) is 0 Å². The molecule has 0 aliphatic carbocycles. The van der Waals surface area contributed by atoms with Crippen LogP contribution in [0.2, 0.25) is 10.0 Å². The number of ether oxygens (including phenoxy) is 1. The quantitative estimate of drug-likeness (QED) is 0.836. The molecule has 1 fully saturated rings. The molecule has 0 bridgehead atoms. The molecule has 1 aromatic rings. The summed E-state index contributed by atoms with van der Waals surface area (Å²) < 4.78 is 5.51. The van der Waals surface area contributed by atoms with Crippen LogP contribution in [-0.4, -0.2) is 24.4 Å². The number of nitrogens with one attached hydrogen (secondary N) is 2. The second-order valence-corrected chi connectivity index (χ2v) is 5.69. The Hall–Kier alpha value is -0.550. The molecule has 1 saturated heterocycles. The van der Waals surface area contributed by atoms with Crippen molar-refractivity contribution in [3.05, 3.63) is 33.8 Å². The molecule has 0 amide bonds. The molecule has 0 saturated carbocycles. The zero-order chi connectivity index (χ0) is 13.7. The molecule has 6 heteroatoms. The van der Waals surface area contributed by atoms with Crippen molar-refractivity contribution in [3.63, 3.8) is 0 Å². The summed E-state index contributed by atoms with van der Waals surface area (Å²) in [7, 11) is 0. The largest absolute Gasteiger partial charge is 0.376 e. The molecule has 104 valence electrons. The van der Waals surface area contributed by atoms with E-state index in [4.69, 9.17) is 40.2 Å². The van der Waals surface area contributed by atoms with E-state index in [2.05, 4.69) is 10.6 Å². The van der Waals surface area contributed by atoms with Gasteiger partial charge in [-0.2, -0.15) is 0 Å². The van der Waals surface area contributed by atoms with E-state index < -0.39 is 0 Å². The fraction of sp³-hybridized carbons (Fsp3) is 0.462. The minimum Gasteiger partial charge on any atom is -0.376 e. The Kier molecular flexibility index (Phi) is 5.70. The smallest absolute Gasteiger partial charge is 0.166 e. The van der Waals surface area contributed by atoms with Gasteiger partial charge in [-0.3, -0.25) is 0 Å². The van der Waals surface area contributed by atoms with Crippen molar-refractivity contribution < 1.29 is 4.74 Å². The number of thiocarbonyl (C=S) groups is 1. The van der Waals surface area contributed by atoms with Crippen molar-refractivity contribution in [3.8, 4) is 0 Å². The standard InChI is InChI=1S/C13H16Cl2N2OS/c14-10-4-3-9(12(15)6-10)7-16-13(19)17-8-11-2-1-5-18-11/h3-4,6,11H,1-2,5,7-8H2,(H2,16,17,19)/t11-/m0/s1. The summed E-state index contributed by atoms with van der Waals surface area (Å²) >= 11 is 17.1. The molecule has 1 aliphatic heterocycles. The monoisotopic (exact) mass is 318 g/mol. The highest BCUT2D eigenvalue weighted by Crippen LogP contribution is 2.20. The zero-order valence-corrected chi connectivity index (χ0v) is 12.7. The van der Waals surface area contributed by atoms with Crippen LogP contribution in [0.3, 0.4) is 0 Å². The van der Waals surface area contributed by atoms with Gasteiger partial charge in [-0.05, 0) is 42.8 Å². The predicted octanol–water partition coefficient (Wildman–Crippen LogP) is 3.14. The van der Waals surface area contributed by atoms with E-state index in [-0.39, 0.29) is 6.10 Å². The lowest BCUT2D eigenvalue weighted by atomic mass is 10.2. The third-order valence-electron chi connectivity index (χ3n) is 2.97. The van der Waals surface area contributed by atoms with Gasteiger partial charge < -0.3 is 15.4 Å². The van der Waals surface area contributed by atoms with Gasteiger partial charge in [0, 0.05) is 29.7 Å². The molecule has 0 radical (unpaired) electrons. The zero-order valence-electron chi connectivity index (χ0n) is 10.4. The van der Waals surface area contributed by atoms with Gasteiger partial charge in [0.2, 0.25) is 0 Å². The Morgan fingerprint density at radius 1 is 1.37 bits per heavy atom. The maximum Gasteiger partial charge on any atom is 0.166 e. The maximum atomic E-state index is 6.09. The molecule has 0 spiro atoms. The molecular weight excluding hydrogens is 303 g/mol. The summed E-state index contributed by atoms with van der Waals surface area (Å²) in [6.07, 6.45) is 2.50. The highest BCUT2D eigenvalue weighted by atomic mass is 35.5. The SMILES string of the molecule is S=C(NCc1ccc(Cl)cc1Cl)NC[C@@H]1CCCO1. The van der Waals surface area contributed by atoms with E-state index in [0.29, 0.717) is 21.7 Å². The van der Waals surface area contributed by atoms with Gasteiger partial charge in [0.05, 0.1) is 6.10 Å². The number of halogens is 2. The number of benzene rings is 1.